The Morgan fingerprint density at radius 3 is 2.58 bits per heavy atom. The van der Waals surface area contributed by atoms with Gasteiger partial charge in [0.25, 0.3) is 0 Å². The van der Waals surface area contributed by atoms with Crippen molar-refractivity contribution in [2.75, 3.05) is 26.3 Å². The Bertz CT molecular complexity index is 231. The number of hydrogen-bond acceptors (Lipinski definition) is 3. The molecule has 1 rings (SSSR count). The topological polar surface area (TPSA) is 32.7 Å². The highest BCUT2D eigenvalue weighted by Gasteiger charge is 2.30. The van der Waals surface area contributed by atoms with Crippen molar-refractivity contribution in [3.8, 4) is 0 Å². The fourth-order valence-electron chi connectivity index (χ4n) is 3.14. The molecule has 2 unspecified atom stereocenters. The zero-order valence-electron chi connectivity index (χ0n) is 13.3. The molecular formula is C16H33NO2. The van der Waals surface area contributed by atoms with Gasteiger partial charge in [0.1, 0.15) is 0 Å². The van der Waals surface area contributed by atoms with Gasteiger partial charge in [-0.05, 0) is 31.2 Å². The lowest BCUT2D eigenvalue weighted by molar-refractivity contribution is -0.0658. The molecule has 114 valence electrons. The lowest BCUT2D eigenvalue weighted by Gasteiger charge is -2.39. The average molecular weight is 271 g/mol. The lowest BCUT2D eigenvalue weighted by atomic mass is 9.84. The zero-order chi connectivity index (χ0) is 14.3. The number of rotatable bonds is 8. The van der Waals surface area contributed by atoms with Crippen LogP contribution in [0.5, 0.6) is 0 Å². The first-order valence-electron chi connectivity index (χ1n) is 8.09. The Balaban J connectivity index is 2.55. The molecule has 0 aromatic rings. The molecule has 0 radical (unpaired) electrons. The van der Waals surface area contributed by atoms with Crippen LogP contribution < -0.4 is 0 Å². The first-order valence-corrected chi connectivity index (χ1v) is 8.09. The Labute approximate surface area is 119 Å². The summed E-state index contributed by atoms with van der Waals surface area (Å²) in [5.74, 6) is 1.28. The SMILES string of the molecule is CCC[C@@H](CC(O)C1COCCN1CCC)C(C)C. The maximum Gasteiger partial charge on any atom is 0.0720 e. The van der Waals surface area contributed by atoms with E-state index in [1.807, 2.05) is 0 Å². The number of aliphatic hydroxyl groups excluding tert-OH is 1. The Kier molecular flexibility index (Phi) is 7.96. The number of ether oxygens (including phenoxy) is 1. The molecule has 0 spiro atoms. The molecule has 0 amide bonds. The molecule has 0 aromatic carbocycles. The van der Waals surface area contributed by atoms with E-state index in [0.29, 0.717) is 18.4 Å². The molecule has 0 bridgehead atoms. The largest absolute Gasteiger partial charge is 0.391 e. The summed E-state index contributed by atoms with van der Waals surface area (Å²) in [5.41, 5.74) is 0. The van der Waals surface area contributed by atoms with E-state index in [4.69, 9.17) is 4.74 Å². The van der Waals surface area contributed by atoms with Crippen LogP contribution in [0, 0.1) is 11.8 Å². The van der Waals surface area contributed by atoms with Gasteiger partial charge in [-0.3, -0.25) is 4.90 Å². The van der Waals surface area contributed by atoms with Gasteiger partial charge in [0.05, 0.1) is 25.4 Å². The third-order valence-electron chi connectivity index (χ3n) is 4.38. The van der Waals surface area contributed by atoms with Gasteiger partial charge in [-0.1, -0.05) is 40.5 Å². The van der Waals surface area contributed by atoms with E-state index in [-0.39, 0.29) is 12.1 Å². The highest BCUT2D eigenvalue weighted by Crippen LogP contribution is 2.25. The van der Waals surface area contributed by atoms with E-state index < -0.39 is 0 Å². The summed E-state index contributed by atoms with van der Waals surface area (Å²) >= 11 is 0. The van der Waals surface area contributed by atoms with Crippen molar-refractivity contribution in [2.24, 2.45) is 11.8 Å². The molecule has 1 N–H and O–H groups in total. The Morgan fingerprint density at radius 2 is 2.00 bits per heavy atom. The number of morpholine rings is 1. The summed E-state index contributed by atoms with van der Waals surface area (Å²) < 4.78 is 5.58. The summed E-state index contributed by atoms with van der Waals surface area (Å²) in [6.45, 7) is 12.5. The molecule has 3 nitrogen and oxygen atoms in total. The van der Waals surface area contributed by atoms with Gasteiger partial charge in [-0.15, -0.1) is 0 Å². The van der Waals surface area contributed by atoms with Crippen molar-refractivity contribution >= 4 is 0 Å². The monoisotopic (exact) mass is 271 g/mol. The van der Waals surface area contributed by atoms with Gasteiger partial charge in [0.15, 0.2) is 0 Å². The van der Waals surface area contributed by atoms with Crippen LogP contribution in [-0.2, 0) is 4.74 Å². The zero-order valence-corrected chi connectivity index (χ0v) is 13.3. The second-order valence-corrected chi connectivity index (χ2v) is 6.27. The number of hydrogen-bond donors (Lipinski definition) is 1. The molecule has 1 fully saturated rings. The maximum atomic E-state index is 10.6. The third-order valence-corrected chi connectivity index (χ3v) is 4.38. The van der Waals surface area contributed by atoms with Crippen LogP contribution >= 0.6 is 0 Å². The van der Waals surface area contributed by atoms with E-state index in [1.165, 1.54) is 12.8 Å². The first-order chi connectivity index (χ1) is 9.10. The molecule has 0 saturated carbocycles. The van der Waals surface area contributed by atoms with Gasteiger partial charge in [0, 0.05) is 6.54 Å². The van der Waals surface area contributed by atoms with Crippen LogP contribution in [0.15, 0.2) is 0 Å². The normalized spacial score (nSPS) is 24.6. The molecule has 1 aliphatic heterocycles. The van der Waals surface area contributed by atoms with Gasteiger partial charge in [0.2, 0.25) is 0 Å². The summed E-state index contributed by atoms with van der Waals surface area (Å²) in [7, 11) is 0. The second kappa shape index (κ2) is 8.93. The highest BCUT2D eigenvalue weighted by atomic mass is 16.5. The smallest absolute Gasteiger partial charge is 0.0720 e. The maximum absolute atomic E-state index is 10.6. The van der Waals surface area contributed by atoms with Crippen molar-refractivity contribution in [3.05, 3.63) is 0 Å². The van der Waals surface area contributed by atoms with Crippen LogP contribution in [-0.4, -0.2) is 48.5 Å². The van der Waals surface area contributed by atoms with E-state index in [0.717, 1.165) is 32.5 Å². The predicted octanol–water partition coefficient (Wildman–Crippen LogP) is 2.92. The van der Waals surface area contributed by atoms with Gasteiger partial charge in [-0.25, -0.2) is 0 Å². The molecule has 1 heterocycles. The van der Waals surface area contributed by atoms with Gasteiger partial charge in [-0.2, -0.15) is 0 Å². The molecular weight excluding hydrogens is 238 g/mol. The van der Waals surface area contributed by atoms with E-state index in [2.05, 4.69) is 32.6 Å². The van der Waals surface area contributed by atoms with Crippen molar-refractivity contribution in [2.45, 2.75) is 65.5 Å². The van der Waals surface area contributed by atoms with Crippen LogP contribution in [0.1, 0.15) is 53.4 Å². The summed E-state index contributed by atoms with van der Waals surface area (Å²) in [6, 6.07) is 0.201. The van der Waals surface area contributed by atoms with E-state index in [1.54, 1.807) is 0 Å². The standard InChI is InChI=1S/C16H33NO2/c1-5-7-14(13(3)4)11-16(18)15-12-19-10-9-17(15)8-6-2/h13-16,18H,5-12H2,1-4H3/t14-,15?,16?/m0/s1. The quantitative estimate of drug-likeness (QED) is 0.737. The Hall–Kier alpha value is -0.120. The van der Waals surface area contributed by atoms with Crippen molar-refractivity contribution in [1.29, 1.82) is 0 Å². The van der Waals surface area contributed by atoms with E-state index >= 15 is 0 Å². The molecule has 3 atom stereocenters. The predicted molar refractivity (Wildman–Crippen MR) is 80.3 cm³/mol. The Morgan fingerprint density at radius 1 is 1.26 bits per heavy atom. The summed E-state index contributed by atoms with van der Waals surface area (Å²) in [4.78, 5) is 2.41. The molecule has 1 saturated heterocycles. The molecule has 0 aromatic heterocycles. The van der Waals surface area contributed by atoms with Crippen LogP contribution in [0.4, 0.5) is 0 Å². The van der Waals surface area contributed by atoms with Crippen molar-refractivity contribution in [3.63, 3.8) is 0 Å². The molecule has 1 aliphatic rings. The lowest BCUT2D eigenvalue weighted by Crippen LogP contribution is -2.52. The van der Waals surface area contributed by atoms with Crippen LogP contribution in [0.2, 0.25) is 0 Å². The summed E-state index contributed by atoms with van der Waals surface area (Å²) in [6.07, 6.45) is 4.24. The fraction of sp³-hybridized carbons (Fsp3) is 1.00. The minimum absolute atomic E-state index is 0.201. The number of nitrogens with zero attached hydrogens (tertiary/aromatic N) is 1. The molecule has 0 aliphatic carbocycles. The average Bonchev–Trinajstić information content (AvgIpc) is 2.39. The molecule has 19 heavy (non-hydrogen) atoms. The van der Waals surface area contributed by atoms with Crippen molar-refractivity contribution < 1.29 is 9.84 Å². The fourth-order valence-corrected chi connectivity index (χ4v) is 3.14. The summed E-state index contributed by atoms with van der Waals surface area (Å²) in [5, 5.41) is 10.6. The minimum atomic E-state index is -0.245. The van der Waals surface area contributed by atoms with E-state index in [9.17, 15) is 5.11 Å². The minimum Gasteiger partial charge on any atom is -0.391 e. The van der Waals surface area contributed by atoms with Crippen molar-refractivity contribution in [1.82, 2.24) is 4.90 Å². The van der Waals surface area contributed by atoms with Gasteiger partial charge < -0.3 is 9.84 Å². The van der Waals surface area contributed by atoms with Crippen LogP contribution in [0.25, 0.3) is 0 Å². The number of aliphatic hydroxyl groups is 1. The molecule has 3 heteroatoms. The van der Waals surface area contributed by atoms with Crippen LogP contribution in [0.3, 0.4) is 0 Å². The first kappa shape index (κ1) is 16.9. The second-order valence-electron chi connectivity index (χ2n) is 6.27. The van der Waals surface area contributed by atoms with Gasteiger partial charge >= 0.3 is 0 Å². The highest BCUT2D eigenvalue weighted by molar-refractivity contribution is 4.84. The third kappa shape index (κ3) is 5.41.